The van der Waals surface area contributed by atoms with Gasteiger partial charge in [0.25, 0.3) is 0 Å². The fourth-order valence-corrected chi connectivity index (χ4v) is 1.58. The van der Waals surface area contributed by atoms with Crippen molar-refractivity contribution in [2.24, 2.45) is 0 Å². The van der Waals surface area contributed by atoms with E-state index < -0.39 is 17.7 Å². The van der Waals surface area contributed by atoms with E-state index in [0.717, 1.165) is 12.1 Å². The molecule has 2 nitrogen and oxygen atoms in total. The molecular weight excluding hydrogens is 301 g/mol. The van der Waals surface area contributed by atoms with Crippen LogP contribution in [0, 0.1) is 0 Å². The molecule has 0 fully saturated rings. The summed E-state index contributed by atoms with van der Waals surface area (Å²) in [5.74, 6) is -1.37. The van der Waals surface area contributed by atoms with Gasteiger partial charge in [-0.15, -0.1) is 0 Å². The Morgan fingerprint density at radius 3 is 2.24 bits per heavy atom. The van der Waals surface area contributed by atoms with Gasteiger partial charge in [-0.1, -0.05) is 35.8 Å². The summed E-state index contributed by atoms with van der Waals surface area (Å²) >= 11 is 2.91. The van der Waals surface area contributed by atoms with Crippen LogP contribution in [0.2, 0.25) is 0 Å². The molecule has 6 heteroatoms. The fourth-order valence-electron chi connectivity index (χ4n) is 1.09. The smallest absolute Gasteiger partial charge is 0.416 e. The molecule has 96 valence electrons. The molecule has 1 aromatic rings. The normalized spacial score (nSPS) is 10.5. The third kappa shape index (κ3) is 4.38. The zero-order chi connectivity index (χ0) is 13.6. The number of aromatic carboxylic acids is 1. The van der Waals surface area contributed by atoms with E-state index in [1.807, 2.05) is 13.8 Å². The largest absolute Gasteiger partial charge is 0.478 e. The maximum Gasteiger partial charge on any atom is 0.416 e. The first-order chi connectivity index (χ1) is 7.86. The van der Waals surface area contributed by atoms with E-state index in [-0.39, 0.29) is 16.5 Å². The zero-order valence-electron chi connectivity index (χ0n) is 9.31. The van der Waals surface area contributed by atoms with Gasteiger partial charge in [-0.2, -0.15) is 13.2 Å². The van der Waals surface area contributed by atoms with E-state index in [2.05, 4.69) is 15.9 Å². The summed E-state index contributed by atoms with van der Waals surface area (Å²) in [5.41, 5.74) is -1.26. The molecule has 0 aliphatic heterocycles. The number of alkyl halides is 4. The first-order valence-corrected chi connectivity index (χ1v) is 5.97. The highest BCUT2D eigenvalue weighted by molar-refractivity contribution is 9.08. The molecule has 0 saturated carbocycles. The molecule has 0 amide bonds. The number of carboxylic acids is 1. The summed E-state index contributed by atoms with van der Waals surface area (Å²) in [6.07, 6.45) is -4.53. The number of hydrogen-bond acceptors (Lipinski definition) is 1. The Labute approximate surface area is 106 Å². The molecule has 0 saturated heterocycles. The maximum atomic E-state index is 12.5. The Hall–Kier alpha value is -1.04. The topological polar surface area (TPSA) is 37.3 Å². The van der Waals surface area contributed by atoms with Gasteiger partial charge in [0.1, 0.15) is 0 Å². The van der Waals surface area contributed by atoms with Crippen LogP contribution in [0.1, 0.15) is 35.3 Å². The van der Waals surface area contributed by atoms with Crippen LogP contribution in [-0.2, 0) is 11.5 Å². The summed E-state index contributed by atoms with van der Waals surface area (Å²) in [5, 5.41) is 8.59. The number of hydrogen-bond donors (Lipinski definition) is 1. The van der Waals surface area contributed by atoms with Crippen LogP contribution in [0.4, 0.5) is 13.2 Å². The van der Waals surface area contributed by atoms with Gasteiger partial charge in [-0.25, -0.2) is 4.79 Å². The number of carboxylic acid groups (broad SMARTS) is 1. The van der Waals surface area contributed by atoms with Crippen LogP contribution in [0.3, 0.4) is 0 Å². The van der Waals surface area contributed by atoms with Crippen molar-refractivity contribution < 1.29 is 23.1 Å². The van der Waals surface area contributed by atoms with Crippen molar-refractivity contribution in [2.45, 2.75) is 25.4 Å². The van der Waals surface area contributed by atoms with Gasteiger partial charge in [-0.05, 0) is 17.7 Å². The number of halogens is 4. The Balaban J connectivity index is 0.00000121. The highest BCUT2D eigenvalue weighted by Gasteiger charge is 2.33. The van der Waals surface area contributed by atoms with E-state index in [1.54, 1.807) is 0 Å². The zero-order valence-corrected chi connectivity index (χ0v) is 10.9. The number of benzene rings is 1. The third-order valence-corrected chi connectivity index (χ3v) is 2.41. The molecule has 0 atom stereocenters. The molecule has 0 spiro atoms. The quantitative estimate of drug-likeness (QED) is 0.825. The minimum absolute atomic E-state index is 0.0208. The van der Waals surface area contributed by atoms with Gasteiger partial charge in [0.15, 0.2) is 0 Å². The van der Waals surface area contributed by atoms with Crippen LogP contribution in [0.15, 0.2) is 18.2 Å². The minimum atomic E-state index is -4.53. The van der Waals surface area contributed by atoms with E-state index >= 15 is 0 Å². The van der Waals surface area contributed by atoms with E-state index in [4.69, 9.17) is 5.11 Å². The molecule has 0 aromatic heterocycles. The summed E-state index contributed by atoms with van der Waals surface area (Å²) in [4.78, 5) is 10.5. The average molecular weight is 313 g/mol. The summed E-state index contributed by atoms with van der Waals surface area (Å²) < 4.78 is 37.4. The molecule has 0 aliphatic carbocycles. The number of rotatable bonds is 2. The minimum Gasteiger partial charge on any atom is -0.478 e. The van der Waals surface area contributed by atoms with Gasteiger partial charge in [0, 0.05) is 5.33 Å². The van der Waals surface area contributed by atoms with Crippen molar-refractivity contribution in [3.05, 3.63) is 34.9 Å². The Morgan fingerprint density at radius 1 is 1.35 bits per heavy atom. The average Bonchev–Trinajstić information content (AvgIpc) is 2.29. The van der Waals surface area contributed by atoms with Gasteiger partial charge in [-0.3, -0.25) is 0 Å². The fraction of sp³-hybridized carbons (Fsp3) is 0.364. The molecular formula is C11H12BrF3O2. The van der Waals surface area contributed by atoms with Crippen LogP contribution < -0.4 is 0 Å². The number of carbonyl (C=O) groups is 1. The predicted octanol–water partition coefficient (Wildman–Crippen LogP) is 4.32. The lowest BCUT2D eigenvalue weighted by Crippen LogP contribution is -2.10. The Morgan fingerprint density at radius 2 is 1.88 bits per heavy atom. The maximum absolute atomic E-state index is 12.5. The summed E-state index contributed by atoms with van der Waals surface area (Å²) in [7, 11) is 0. The molecule has 1 rings (SSSR count). The van der Waals surface area contributed by atoms with E-state index in [9.17, 15) is 18.0 Å². The Bertz CT molecular complexity index is 389. The van der Waals surface area contributed by atoms with Crippen molar-refractivity contribution in [2.75, 3.05) is 0 Å². The van der Waals surface area contributed by atoms with Crippen LogP contribution in [0.25, 0.3) is 0 Å². The SMILES string of the molecule is CC.O=C(O)c1ccc(CBr)c(C(F)(F)F)c1. The lowest BCUT2D eigenvalue weighted by molar-refractivity contribution is -0.138. The highest BCUT2D eigenvalue weighted by atomic mass is 79.9. The molecule has 0 heterocycles. The molecule has 0 bridgehead atoms. The van der Waals surface area contributed by atoms with Crippen molar-refractivity contribution in [3.8, 4) is 0 Å². The van der Waals surface area contributed by atoms with E-state index in [0.29, 0.717) is 6.07 Å². The van der Waals surface area contributed by atoms with Crippen LogP contribution >= 0.6 is 15.9 Å². The lowest BCUT2D eigenvalue weighted by atomic mass is 10.0. The Kier molecular flexibility index (Phi) is 6.23. The van der Waals surface area contributed by atoms with Gasteiger partial charge < -0.3 is 5.11 Å². The van der Waals surface area contributed by atoms with Gasteiger partial charge >= 0.3 is 12.1 Å². The molecule has 0 radical (unpaired) electrons. The van der Waals surface area contributed by atoms with Crippen molar-refractivity contribution in [1.29, 1.82) is 0 Å². The highest BCUT2D eigenvalue weighted by Crippen LogP contribution is 2.33. The molecule has 0 unspecified atom stereocenters. The van der Waals surface area contributed by atoms with Gasteiger partial charge in [0.2, 0.25) is 0 Å². The molecule has 1 aromatic carbocycles. The standard InChI is InChI=1S/C9H6BrF3O2.C2H6/c10-4-6-2-1-5(8(14)15)3-7(6)9(11,12)13;1-2/h1-3H,4H2,(H,14,15);1-2H3. The van der Waals surface area contributed by atoms with Crippen LogP contribution in [-0.4, -0.2) is 11.1 Å². The summed E-state index contributed by atoms with van der Waals surface area (Å²) in [6, 6.07) is 2.94. The van der Waals surface area contributed by atoms with E-state index in [1.165, 1.54) is 0 Å². The predicted molar refractivity (Wildman–Crippen MR) is 62.4 cm³/mol. The van der Waals surface area contributed by atoms with Gasteiger partial charge in [0.05, 0.1) is 11.1 Å². The van der Waals surface area contributed by atoms with Crippen molar-refractivity contribution in [3.63, 3.8) is 0 Å². The molecule has 0 aliphatic rings. The van der Waals surface area contributed by atoms with Crippen molar-refractivity contribution >= 4 is 21.9 Å². The monoisotopic (exact) mass is 312 g/mol. The second-order valence-electron chi connectivity index (χ2n) is 2.81. The third-order valence-electron chi connectivity index (χ3n) is 1.81. The molecule has 17 heavy (non-hydrogen) atoms. The second kappa shape index (κ2) is 6.64. The summed E-state index contributed by atoms with van der Waals surface area (Å²) in [6.45, 7) is 4.00. The second-order valence-corrected chi connectivity index (χ2v) is 3.37. The first-order valence-electron chi connectivity index (χ1n) is 4.85. The first kappa shape index (κ1) is 16.0. The lowest BCUT2D eigenvalue weighted by Gasteiger charge is -2.11. The molecule has 1 N–H and O–H groups in total. The van der Waals surface area contributed by atoms with Crippen molar-refractivity contribution in [1.82, 2.24) is 0 Å². The van der Waals surface area contributed by atoms with Crippen LogP contribution in [0.5, 0.6) is 0 Å².